The van der Waals surface area contributed by atoms with Crippen LogP contribution < -0.4 is 4.90 Å². The van der Waals surface area contributed by atoms with Crippen LogP contribution in [0, 0.1) is 0 Å². The van der Waals surface area contributed by atoms with Crippen LogP contribution in [0.25, 0.3) is 63.6 Å². The second kappa shape index (κ2) is 10.1. The van der Waals surface area contributed by atoms with Gasteiger partial charge in [-0.25, -0.2) is 0 Å². The zero-order chi connectivity index (χ0) is 29.0. The van der Waals surface area contributed by atoms with E-state index in [1.165, 1.54) is 69.3 Å². The summed E-state index contributed by atoms with van der Waals surface area (Å²) in [6, 6.07) is 59.7. The first-order chi connectivity index (χ1) is 21.8. The van der Waals surface area contributed by atoms with E-state index < -0.39 is 0 Å². The quantitative estimate of drug-likeness (QED) is 0.188. The summed E-state index contributed by atoms with van der Waals surface area (Å²) >= 11 is 1.89. The Morgan fingerprint density at radius 2 is 1.00 bits per heavy atom. The largest absolute Gasteiger partial charge is 0.309 e. The van der Waals surface area contributed by atoms with Crippen LogP contribution in [0.4, 0.5) is 17.1 Å². The molecule has 206 valence electrons. The van der Waals surface area contributed by atoms with Crippen molar-refractivity contribution in [1.29, 1.82) is 0 Å². The lowest BCUT2D eigenvalue weighted by molar-refractivity contribution is 1.31. The summed E-state index contributed by atoms with van der Waals surface area (Å²) in [5.41, 5.74) is 5.89. The van der Waals surface area contributed by atoms with Crippen LogP contribution >= 0.6 is 11.3 Å². The minimum Gasteiger partial charge on any atom is -0.309 e. The predicted octanol–water partition coefficient (Wildman–Crippen LogP) is 12.7. The molecule has 0 saturated carbocycles. The van der Waals surface area contributed by atoms with Gasteiger partial charge >= 0.3 is 0 Å². The number of benzene rings is 8. The van der Waals surface area contributed by atoms with Gasteiger partial charge in [0.05, 0.1) is 10.4 Å². The predicted molar refractivity (Wildman–Crippen MR) is 192 cm³/mol. The van der Waals surface area contributed by atoms with Crippen LogP contribution in [0.5, 0.6) is 0 Å². The molecule has 0 aliphatic rings. The third-order valence-electron chi connectivity index (χ3n) is 8.81. The van der Waals surface area contributed by atoms with E-state index in [-0.39, 0.29) is 0 Å². The van der Waals surface area contributed by atoms with Crippen molar-refractivity contribution in [3.63, 3.8) is 0 Å². The smallest absolute Gasteiger partial charge is 0.0640 e. The van der Waals surface area contributed by atoms with Crippen molar-refractivity contribution in [2.75, 3.05) is 4.90 Å². The maximum absolute atomic E-state index is 2.45. The van der Waals surface area contributed by atoms with E-state index in [4.69, 9.17) is 0 Å². The van der Waals surface area contributed by atoms with Gasteiger partial charge < -0.3 is 4.90 Å². The van der Waals surface area contributed by atoms with Gasteiger partial charge in [0.2, 0.25) is 0 Å². The van der Waals surface area contributed by atoms with Crippen LogP contribution in [-0.4, -0.2) is 0 Å². The lowest BCUT2D eigenvalue weighted by atomic mass is 10.00. The fourth-order valence-electron chi connectivity index (χ4n) is 6.74. The molecule has 44 heavy (non-hydrogen) atoms. The molecule has 0 bridgehead atoms. The summed E-state index contributed by atoms with van der Waals surface area (Å²) in [6.07, 6.45) is 0. The topological polar surface area (TPSA) is 3.24 Å². The minimum atomic E-state index is 1.14. The average molecular weight is 578 g/mol. The second-order valence-corrected chi connectivity index (χ2v) is 12.4. The molecule has 8 aromatic carbocycles. The Balaban J connectivity index is 1.34. The highest BCUT2D eigenvalue weighted by molar-refractivity contribution is 7.26. The molecule has 0 fully saturated rings. The molecule has 0 unspecified atom stereocenters. The number of hydrogen-bond donors (Lipinski definition) is 0. The minimum absolute atomic E-state index is 1.14. The number of hydrogen-bond acceptors (Lipinski definition) is 2. The summed E-state index contributed by atoms with van der Waals surface area (Å²) in [5.74, 6) is 0. The summed E-state index contributed by atoms with van der Waals surface area (Å²) < 4.78 is 2.61. The van der Waals surface area contributed by atoms with E-state index in [1.807, 2.05) is 11.3 Å². The molecule has 1 heterocycles. The van der Waals surface area contributed by atoms with E-state index in [0.29, 0.717) is 0 Å². The van der Waals surface area contributed by atoms with Crippen LogP contribution in [-0.2, 0) is 0 Å². The van der Waals surface area contributed by atoms with Gasteiger partial charge in [-0.3, -0.25) is 0 Å². The standard InChI is InChI=1S/C42H27NS/c1-2-10-28(11-3-1)32-14-8-15-33(26-32)43(34-24-22-31-21-20-29-12-4-6-16-35(29)38(31)27-34)39-19-9-18-37-41-36-17-7-5-13-30(36)23-25-40(41)44-42(37)39/h1-27H. The average Bonchev–Trinajstić information content (AvgIpc) is 3.49. The third-order valence-corrected chi connectivity index (χ3v) is 10.0. The first kappa shape index (κ1) is 25.1. The zero-order valence-electron chi connectivity index (χ0n) is 23.9. The van der Waals surface area contributed by atoms with E-state index in [2.05, 4.69) is 169 Å². The molecule has 9 rings (SSSR count). The van der Waals surface area contributed by atoms with E-state index in [0.717, 1.165) is 11.4 Å². The van der Waals surface area contributed by atoms with Crippen LogP contribution in [0.15, 0.2) is 164 Å². The molecule has 2 heteroatoms. The Morgan fingerprint density at radius 3 is 1.86 bits per heavy atom. The molecule has 0 spiro atoms. The Labute approximate surface area is 259 Å². The molecule has 0 saturated heterocycles. The molecular formula is C42H27NS. The van der Waals surface area contributed by atoms with Crippen LogP contribution in [0.3, 0.4) is 0 Å². The normalized spacial score (nSPS) is 11.6. The van der Waals surface area contributed by atoms with Crippen molar-refractivity contribution >= 4 is 80.9 Å². The highest BCUT2D eigenvalue weighted by Gasteiger charge is 2.20. The summed E-state index contributed by atoms with van der Waals surface area (Å²) in [4.78, 5) is 2.45. The van der Waals surface area contributed by atoms with Crippen molar-refractivity contribution in [3.8, 4) is 11.1 Å². The van der Waals surface area contributed by atoms with E-state index in [9.17, 15) is 0 Å². The van der Waals surface area contributed by atoms with E-state index >= 15 is 0 Å². The summed E-state index contributed by atoms with van der Waals surface area (Å²) in [7, 11) is 0. The van der Waals surface area contributed by atoms with Gasteiger partial charge in [-0.05, 0) is 79.8 Å². The van der Waals surface area contributed by atoms with Gasteiger partial charge in [0.1, 0.15) is 0 Å². The van der Waals surface area contributed by atoms with Crippen molar-refractivity contribution in [2.24, 2.45) is 0 Å². The molecule has 0 atom stereocenters. The number of thiophene rings is 1. The Morgan fingerprint density at radius 1 is 0.386 bits per heavy atom. The monoisotopic (exact) mass is 577 g/mol. The number of fused-ring (bicyclic) bond motifs is 8. The molecule has 0 aliphatic carbocycles. The molecule has 0 radical (unpaired) electrons. The number of rotatable bonds is 4. The first-order valence-corrected chi connectivity index (χ1v) is 15.8. The SMILES string of the molecule is c1ccc(-c2cccc(N(c3ccc4ccc5ccccc5c4c3)c3cccc4c3sc3ccc5ccccc5c34)c2)cc1. The maximum Gasteiger partial charge on any atom is 0.0640 e. The highest BCUT2D eigenvalue weighted by Crippen LogP contribution is 2.47. The summed E-state index contributed by atoms with van der Waals surface area (Å²) in [6.45, 7) is 0. The Hall–Kier alpha value is -5.44. The summed E-state index contributed by atoms with van der Waals surface area (Å²) in [5, 5.41) is 10.3. The maximum atomic E-state index is 2.45. The van der Waals surface area contributed by atoms with Crippen molar-refractivity contribution in [1.82, 2.24) is 0 Å². The zero-order valence-corrected chi connectivity index (χ0v) is 24.8. The molecule has 0 aliphatic heterocycles. The molecular weight excluding hydrogens is 551 g/mol. The number of anilines is 3. The van der Waals surface area contributed by atoms with Crippen molar-refractivity contribution in [3.05, 3.63) is 164 Å². The van der Waals surface area contributed by atoms with Gasteiger partial charge in [0.15, 0.2) is 0 Å². The fraction of sp³-hybridized carbons (Fsp3) is 0. The van der Waals surface area contributed by atoms with Crippen molar-refractivity contribution in [2.45, 2.75) is 0 Å². The van der Waals surface area contributed by atoms with Crippen LogP contribution in [0.2, 0.25) is 0 Å². The Bertz CT molecular complexity index is 2510. The Kier molecular flexibility index (Phi) is 5.75. The third kappa shape index (κ3) is 4.00. The van der Waals surface area contributed by atoms with Gasteiger partial charge in [0.25, 0.3) is 0 Å². The van der Waals surface area contributed by atoms with Gasteiger partial charge in [-0.1, -0.05) is 127 Å². The van der Waals surface area contributed by atoms with Gasteiger partial charge in [-0.2, -0.15) is 0 Å². The molecule has 9 aromatic rings. The lowest BCUT2D eigenvalue weighted by Gasteiger charge is -2.27. The molecule has 0 N–H and O–H groups in total. The highest BCUT2D eigenvalue weighted by atomic mass is 32.1. The molecule has 0 amide bonds. The first-order valence-electron chi connectivity index (χ1n) is 15.0. The van der Waals surface area contributed by atoms with E-state index in [1.54, 1.807) is 0 Å². The molecule has 1 nitrogen and oxygen atoms in total. The lowest BCUT2D eigenvalue weighted by Crippen LogP contribution is -2.10. The van der Waals surface area contributed by atoms with Crippen LogP contribution in [0.1, 0.15) is 0 Å². The van der Waals surface area contributed by atoms with Gasteiger partial charge in [0, 0.05) is 26.8 Å². The molecule has 1 aromatic heterocycles. The second-order valence-electron chi connectivity index (χ2n) is 11.4. The number of nitrogens with zero attached hydrogens (tertiary/aromatic N) is 1. The van der Waals surface area contributed by atoms with Crippen molar-refractivity contribution < 1.29 is 0 Å². The fourth-order valence-corrected chi connectivity index (χ4v) is 7.96. The van der Waals surface area contributed by atoms with Gasteiger partial charge in [-0.15, -0.1) is 11.3 Å².